The molecule has 0 aliphatic carbocycles. The first-order valence-electron chi connectivity index (χ1n) is 6.98. The summed E-state index contributed by atoms with van der Waals surface area (Å²) >= 11 is 1.62. The average Bonchev–Trinajstić information content (AvgIpc) is 3.19. The van der Waals surface area contributed by atoms with Crippen LogP contribution in [0.5, 0.6) is 0 Å². The van der Waals surface area contributed by atoms with Gasteiger partial charge in [-0.1, -0.05) is 0 Å². The highest BCUT2D eigenvalue weighted by Crippen LogP contribution is 2.20. The zero-order valence-electron chi connectivity index (χ0n) is 11.3. The van der Waals surface area contributed by atoms with E-state index in [0.29, 0.717) is 12.5 Å². The zero-order chi connectivity index (χ0) is 13.8. The van der Waals surface area contributed by atoms with Crippen molar-refractivity contribution in [2.75, 3.05) is 6.54 Å². The molecular weight excluding hydrogens is 272 g/mol. The number of hydrogen-bond acceptors (Lipinski definition) is 4. The van der Waals surface area contributed by atoms with Gasteiger partial charge in [-0.05, 0) is 18.9 Å². The maximum Gasteiger partial charge on any atom is 0.223 e. The van der Waals surface area contributed by atoms with E-state index in [9.17, 15) is 4.79 Å². The van der Waals surface area contributed by atoms with E-state index in [1.54, 1.807) is 23.7 Å². The maximum atomic E-state index is 12.4. The lowest BCUT2D eigenvalue weighted by Crippen LogP contribution is -2.38. The molecule has 6 heteroatoms. The third kappa shape index (κ3) is 3.07. The van der Waals surface area contributed by atoms with Crippen LogP contribution in [0.15, 0.2) is 30.0 Å². The van der Waals surface area contributed by atoms with Gasteiger partial charge in [-0.2, -0.15) is 5.10 Å². The molecule has 20 heavy (non-hydrogen) atoms. The number of carbonyl (C=O) groups is 1. The summed E-state index contributed by atoms with van der Waals surface area (Å²) in [6, 6.07) is 2.21. The number of rotatable bonds is 5. The van der Waals surface area contributed by atoms with Crippen LogP contribution >= 0.6 is 11.3 Å². The fourth-order valence-electron chi connectivity index (χ4n) is 2.71. The van der Waals surface area contributed by atoms with E-state index in [1.807, 2.05) is 27.2 Å². The Morgan fingerprint density at radius 1 is 1.45 bits per heavy atom. The number of amides is 1. The second-order valence-electron chi connectivity index (χ2n) is 5.04. The van der Waals surface area contributed by atoms with Crippen molar-refractivity contribution in [1.29, 1.82) is 0 Å². The Kier molecular flexibility index (Phi) is 4.11. The summed E-state index contributed by atoms with van der Waals surface area (Å²) < 4.78 is 1.91. The summed E-state index contributed by atoms with van der Waals surface area (Å²) in [5, 5.41) is 7.23. The standard InChI is InChI=1S/C14H18N4OS/c19-14(5-4-13-15-7-10-20-13)18-9-1-3-12(18)11-17-8-2-6-16-17/h2,6-8,10,12H,1,3-5,9,11H2/t12-/m1/s1. The number of aryl methyl sites for hydroxylation is 1. The van der Waals surface area contributed by atoms with Gasteiger partial charge in [0.2, 0.25) is 5.91 Å². The van der Waals surface area contributed by atoms with E-state index in [-0.39, 0.29) is 5.91 Å². The lowest BCUT2D eigenvalue weighted by Gasteiger charge is -2.24. The van der Waals surface area contributed by atoms with Crippen molar-refractivity contribution in [3.05, 3.63) is 35.0 Å². The van der Waals surface area contributed by atoms with Crippen LogP contribution < -0.4 is 0 Å². The van der Waals surface area contributed by atoms with Crippen LogP contribution in [-0.2, 0) is 17.8 Å². The second-order valence-corrected chi connectivity index (χ2v) is 6.02. The fraction of sp³-hybridized carbons (Fsp3) is 0.500. The Bertz CT molecular complexity index is 538. The van der Waals surface area contributed by atoms with Gasteiger partial charge >= 0.3 is 0 Å². The van der Waals surface area contributed by atoms with Gasteiger partial charge in [-0.25, -0.2) is 4.98 Å². The van der Waals surface area contributed by atoms with E-state index in [4.69, 9.17) is 0 Å². The molecule has 1 saturated heterocycles. The number of likely N-dealkylation sites (tertiary alicyclic amines) is 1. The lowest BCUT2D eigenvalue weighted by atomic mass is 10.2. The van der Waals surface area contributed by atoms with Crippen LogP contribution in [0, 0.1) is 0 Å². The minimum atomic E-state index is 0.245. The summed E-state index contributed by atoms with van der Waals surface area (Å²) in [6.07, 6.45) is 9.00. The van der Waals surface area contributed by atoms with E-state index in [2.05, 4.69) is 10.1 Å². The van der Waals surface area contributed by atoms with Crippen molar-refractivity contribution in [2.45, 2.75) is 38.3 Å². The SMILES string of the molecule is O=C(CCc1nccs1)N1CCC[C@@H]1Cn1cccn1. The molecule has 106 valence electrons. The van der Waals surface area contributed by atoms with Crippen LogP contribution in [0.4, 0.5) is 0 Å². The quantitative estimate of drug-likeness (QED) is 0.846. The van der Waals surface area contributed by atoms with Crippen LogP contribution in [0.25, 0.3) is 0 Å². The van der Waals surface area contributed by atoms with Gasteiger partial charge in [0, 0.05) is 43.4 Å². The zero-order valence-corrected chi connectivity index (χ0v) is 12.1. The van der Waals surface area contributed by atoms with Gasteiger partial charge in [0.25, 0.3) is 0 Å². The molecule has 1 atom stereocenters. The predicted octanol–water partition coefficient (Wildman–Crippen LogP) is 1.96. The predicted molar refractivity (Wildman–Crippen MR) is 77.4 cm³/mol. The van der Waals surface area contributed by atoms with Gasteiger partial charge in [-0.3, -0.25) is 9.48 Å². The Hall–Kier alpha value is -1.69. The van der Waals surface area contributed by atoms with Crippen LogP contribution in [-0.4, -0.2) is 38.2 Å². The van der Waals surface area contributed by atoms with Gasteiger partial charge in [0.05, 0.1) is 17.6 Å². The number of nitrogens with zero attached hydrogens (tertiary/aromatic N) is 4. The maximum absolute atomic E-state index is 12.4. The van der Waals surface area contributed by atoms with E-state index in [0.717, 1.165) is 37.4 Å². The molecular formula is C14H18N4OS. The molecule has 1 aliphatic heterocycles. The summed E-state index contributed by atoms with van der Waals surface area (Å²) in [5.74, 6) is 0.245. The first kappa shape index (κ1) is 13.3. The van der Waals surface area contributed by atoms with Crippen molar-refractivity contribution in [3.63, 3.8) is 0 Å². The molecule has 0 bridgehead atoms. The molecule has 0 aromatic carbocycles. The highest BCUT2D eigenvalue weighted by Gasteiger charge is 2.28. The minimum Gasteiger partial charge on any atom is -0.338 e. The molecule has 1 amide bonds. The van der Waals surface area contributed by atoms with Crippen LogP contribution in [0.2, 0.25) is 0 Å². The molecule has 3 heterocycles. The highest BCUT2D eigenvalue weighted by molar-refractivity contribution is 7.09. The highest BCUT2D eigenvalue weighted by atomic mass is 32.1. The van der Waals surface area contributed by atoms with Crippen molar-refractivity contribution in [2.24, 2.45) is 0 Å². The summed E-state index contributed by atoms with van der Waals surface area (Å²) in [4.78, 5) is 18.6. The Morgan fingerprint density at radius 2 is 2.40 bits per heavy atom. The number of thiazole rings is 1. The van der Waals surface area contributed by atoms with Gasteiger partial charge < -0.3 is 4.90 Å². The molecule has 0 unspecified atom stereocenters. The lowest BCUT2D eigenvalue weighted by molar-refractivity contribution is -0.132. The molecule has 3 rings (SSSR count). The Morgan fingerprint density at radius 3 is 3.15 bits per heavy atom. The van der Waals surface area contributed by atoms with Gasteiger partial charge in [0.15, 0.2) is 0 Å². The summed E-state index contributed by atoms with van der Waals surface area (Å²) in [7, 11) is 0. The topological polar surface area (TPSA) is 51.0 Å². The molecule has 2 aromatic rings. The molecule has 0 N–H and O–H groups in total. The molecule has 5 nitrogen and oxygen atoms in total. The van der Waals surface area contributed by atoms with Crippen LogP contribution in [0.1, 0.15) is 24.3 Å². The molecule has 0 spiro atoms. The number of aromatic nitrogens is 3. The smallest absolute Gasteiger partial charge is 0.223 e. The Balaban J connectivity index is 1.55. The summed E-state index contributed by atoms with van der Waals surface area (Å²) in [6.45, 7) is 1.68. The number of hydrogen-bond donors (Lipinski definition) is 0. The van der Waals surface area contributed by atoms with Crippen molar-refractivity contribution in [3.8, 4) is 0 Å². The van der Waals surface area contributed by atoms with Crippen molar-refractivity contribution in [1.82, 2.24) is 19.7 Å². The Labute approximate surface area is 122 Å². The summed E-state index contributed by atoms with van der Waals surface area (Å²) in [5.41, 5.74) is 0. The van der Waals surface area contributed by atoms with E-state index >= 15 is 0 Å². The average molecular weight is 290 g/mol. The first-order valence-corrected chi connectivity index (χ1v) is 7.86. The van der Waals surface area contributed by atoms with Gasteiger partial charge in [-0.15, -0.1) is 11.3 Å². The number of carbonyl (C=O) groups excluding carboxylic acids is 1. The van der Waals surface area contributed by atoms with E-state index < -0.39 is 0 Å². The normalized spacial score (nSPS) is 18.6. The van der Waals surface area contributed by atoms with E-state index in [1.165, 1.54) is 0 Å². The molecule has 0 radical (unpaired) electrons. The molecule has 1 fully saturated rings. The van der Waals surface area contributed by atoms with Crippen molar-refractivity contribution < 1.29 is 4.79 Å². The molecule has 2 aromatic heterocycles. The third-order valence-corrected chi connectivity index (χ3v) is 4.53. The third-order valence-electron chi connectivity index (χ3n) is 3.69. The van der Waals surface area contributed by atoms with Crippen LogP contribution in [0.3, 0.4) is 0 Å². The minimum absolute atomic E-state index is 0.245. The first-order chi connectivity index (χ1) is 9.83. The largest absolute Gasteiger partial charge is 0.338 e. The fourth-order valence-corrected chi connectivity index (χ4v) is 3.33. The molecule has 0 saturated carbocycles. The monoisotopic (exact) mass is 290 g/mol. The van der Waals surface area contributed by atoms with Gasteiger partial charge in [0.1, 0.15) is 0 Å². The molecule has 1 aliphatic rings. The van der Waals surface area contributed by atoms with Crippen molar-refractivity contribution >= 4 is 17.2 Å². The second kappa shape index (κ2) is 6.17.